The van der Waals surface area contributed by atoms with Crippen molar-refractivity contribution in [3.8, 4) is 0 Å². The summed E-state index contributed by atoms with van der Waals surface area (Å²) in [6.07, 6.45) is 6.31. The fourth-order valence-corrected chi connectivity index (χ4v) is 4.57. The van der Waals surface area contributed by atoms with E-state index in [0.717, 1.165) is 9.87 Å². The third kappa shape index (κ3) is 4.45. The number of carbonyl (C=O) groups is 1. The van der Waals surface area contributed by atoms with Gasteiger partial charge in [0.1, 0.15) is 0 Å². The summed E-state index contributed by atoms with van der Waals surface area (Å²) in [6, 6.07) is 12.6. The molecule has 1 N–H and O–H groups in total. The number of carbonyl (C=O) groups excluding carboxylic acids is 1. The van der Waals surface area contributed by atoms with Gasteiger partial charge < -0.3 is 5.32 Å². The van der Waals surface area contributed by atoms with Gasteiger partial charge in [0.05, 0.1) is 4.90 Å². The molecule has 0 radical (unpaired) electrons. The van der Waals surface area contributed by atoms with E-state index in [1.54, 1.807) is 12.1 Å². The molecule has 1 saturated carbocycles. The number of rotatable bonds is 5. The summed E-state index contributed by atoms with van der Waals surface area (Å²) in [6.45, 7) is 1.84. The molecule has 28 heavy (non-hydrogen) atoms. The highest BCUT2D eigenvalue weighted by Gasteiger charge is 2.19. The summed E-state index contributed by atoms with van der Waals surface area (Å²) in [7, 11) is -0.578. The van der Waals surface area contributed by atoms with Crippen molar-refractivity contribution < 1.29 is 13.2 Å². The fourth-order valence-electron chi connectivity index (χ4n) is 3.64. The molecule has 6 heteroatoms. The van der Waals surface area contributed by atoms with E-state index in [2.05, 4.69) is 5.32 Å². The van der Waals surface area contributed by atoms with Gasteiger partial charge in [0.25, 0.3) is 5.91 Å². The number of nitrogens with zero attached hydrogens (tertiary/aromatic N) is 1. The van der Waals surface area contributed by atoms with Crippen LogP contribution in [0.5, 0.6) is 0 Å². The first kappa shape index (κ1) is 20.6. The van der Waals surface area contributed by atoms with Gasteiger partial charge in [0.2, 0.25) is 10.0 Å². The van der Waals surface area contributed by atoms with E-state index in [1.165, 1.54) is 57.8 Å². The zero-order valence-electron chi connectivity index (χ0n) is 16.7. The Balaban J connectivity index is 1.77. The van der Waals surface area contributed by atoms with Gasteiger partial charge >= 0.3 is 0 Å². The molecule has 0 unspecified atom stereocenters. The molecule has 1 aliphatic rings. The van der Waals surface area contributed by atoms with E-state index in [9.17, 15) is 13.2 Å². The van der Waals surface area contributed by atoms with Crippen molar-refractivity contribution in [2.24, 2.45) is 0 Å². The second-order valence-corrected chi connectivity index (χ2v) is 9.83. The van der Waals surface area contributed by atoms with Crippen LogP contribution in [-0.2, 0) is 10.0 Å². The molecule has 1 fully saturated rings. The van der Waals surface area contributed by atoms with Crippen LogP contribution in [0.1, 0.15) is 59.5 Å². The molecule has 1 aliphatic carbocycles. The maximum atomic E-state index is 12.7. The average Bonchev–Trinajstić information content (AvgIpc) is 2.70. The van der Waals surface area contributed by atoms with E-state index in [0.29, 0.717) is 17.2 Å². The Hall–Kier alpha value is -2.18. The lowest BCUT2D eigenvalue weighted by Crippen LogP contribution is -2.22. The Kier molecular flexibility index (Phi) is 6.20. The summed E-state index contributed by atoms with van der Waals surface area (Å²) < 4.78 is 25.9. The first-order chi connectivity index (χ1) is 13.3. The number of hydrogen-bond acceptors (Lipinski definition) is 3. The van der Waals surface area contributed by atoms with Crippen LogP contribution in [0.3, 0.4) is 0 Å². The Morgan fingerprint density at radius 2 is 1.64 bits per heavy atom. The maximum Gasteiger partial charge on any atom is 0.255 e. The second-order valence-electron chi connectivity index (χ2n) is 7.68. The highest BCUT2D eigenvalue weighted by Crippen LogP contribution is 2.32. The summed E-state index contributed by atoms with van der Waals surface area (Å²) in [5.41, 5.74) is 3.18. The third-order valence-electron chi connectivity index (χ3n) is 5.49. The molecule has 0 aromatic heterocycles. The topological polar surface area (TPSA) is 66.5 Å². The van der Waals surface area contributed by atoms with Crippen molar-refractivity contribution in [1.29, 1.82) is 0 Å². The van der Waals surface area contributed by atoms with Crippen LogP contribution in [0, 0.1) is 6.92 Å². The lowest BCUT2D eigenvalue weighted by molar-refractivity contribution is 0.102. The number of sulfonamides is 1. The van der Waals surface area contributed by atoms with Crippen molar-refractivity contribution >= 4 is 21.6 Å². The van der Waals surface area contributed by atoms with Crippen molar-refractivity contribution in [2.75, 3.05) is 19.4 Å². The second kappa shape index (κ2) is 8.45. The van der Waals surface area contributed by atoms with Gasteiger partial charge in [-0.25, -0.2) is 12.7 Å². The molecule has 3 rings (SSSR count). The molecule has 0 atom stereocenters. The molecule has 0 saturated heterocycles. The van der Waals surface area contributed by atoms with Gasteiger partial charge in [-0.05, 0) is 61.1 Å². The molecule has 1 amide bonds. The Morgan fingerprint density at radius 3 is 2.25 bits per heavy atom. The van der Waals surface area contributed by atoms with Crippen molar-refractivity contribution in [2.45, 2.75) is 49.8 Å². The molecule has 0 heterocycles. The number of benzene rings is 2. The molecule has 0 bridgehead atoms. The minimum atomic E-state index is -3.55. The summed E-state index contributed by atoms with van der Waals surface area (Å²) in [5.74, 6) is 0.360. The van der Waals surface area contributed by atoms with E-state index in [1.807, 2.05) is 31.2 Å². The van der Waals surface area contributed by atoms with Crippen molar-refractivity contribution in [3.05, 3.63) is 59.2 Å². The monoisotopic (exact) mass is 400 g/mol. The SMILES string of the molecule is Cc1ccc(S(=O)(=O)N(C)C)cc1NC(=O)c1ccc(C2CCCCC2)cc1. The first-order valence-corrected chi connectivity index (χ1v) is 11.2. The van der Waals surface area contributed by atoms with Crippen molar-refractivity contribution in [1.82, 2.24) is 4.31 Å². The molecular formula is C22H28N2O3S. The van der Waals surface area contributed by atoms with E-state index in [4.69, 9.17) is 0 Å². The quantitative estimate of drug-likeness (QED) is 0.801. The number of amides is 1. The van der Waals surface area contributed by atoms with E-state index >= 15 is 0 Å². The van der Waals surface area contributed by atoms with Gasteiger partial charge in [0.15, 0.2) is 0 Å². The van der Waals surface area contributed by atoms with Gasteiger partial charge in [-0.2, -0.15) is 0 Å². The molecule has 5 nitrogen and oxygen atoms in total. The van der Waals surface area contributed by atoms with Gasteiger partial charge in [-0.15, -0.1) is 0 Å². The van der Waals surface area contributed by atoms with Crippen LogP contribution < -0.4 is 5.32 Å². The van der Waals surface area contributed by atoms with Crippen LogP contribution in [0.25, 0.3) is 0 Å². The number of anilines is 1. The maximum absolute atomic E-state index is 12.7. The number of aryl methyl sites for hydroxylation is 1. The molecular weight excluding hydrogens is 372 g/mol. The van der Waals surface area contributed by atoms with Gasteiger partial charge in [-0.1, -0.05) is 37.5 Å². The normalized spacial score (nSPS) is 15.6. The Morgan fingerprint density at radius 1 is 1.00 bits per heavy atom. The van der Waals surface area contributed by atoms with E-state index in [-0.39, 0.29) is 10.8 Å². The molecule has 0 spiro atoms. The zero-order valence-corrected chi connectivity index (χ0v) is 17.6. The van der Waals surface area contributed by atoms with Crippen LogP contribution in [0.2, 0.25) is 0 Å². The minimum absolute atomic E-state index is 0.158. The van der Waals surface area contributed by atoms with Gasteiger partial charge in [-0.3, -0.25) is 4.79 Å². The van der Waals surface area contributed by atoms with E-state index < -0.39 is 10.0 Å². The van der Waals surface area contributed by atoms with Gasteiger partial charge in [0, 0.05) is 25.3 Å². The zero-order chi connectivity index (χ0) is 20.3. The average molecular weight is 401 g/mol. The Labute approximate surface area is 167 Å². The summed E-state index contributed by atoms with van der Waals surface area (Å²) in [5, 5.41) is 2.86. The highest BCUT2D eigenvalue weighted by molar-refractivity contribution is 7.89. The fraction of sp³-hybridized carbons (Fsp3) is 0.409. The van der Waals surface area contributed by atoms with Crippen LogP contribution >= 0.6 is 0 Å². The first-order valence-electron chi connectivity index (χ1n) is 9.73. The number of nitrogens with one attached hydrogen (secondary N) is 1. The van der Waals surface area contributed by atoms with Crippen LogP contribution in [-0.4, -0.2) is 32.7 Å². The lowest BCUT2D eigenvalue weighted by atomic mass is 9.84. The lowest BCUT2D eigenvalue weighted by Gasteiger charge is -2.22. The molecule has 150 valence electrons. The van der Waals surface area contributed by atoms with Crippen molar-refractivity contribution in [3.63, 3.8) is 0 Å². The molecule has 2 aromatic carbocycles. The third-order valence-corrected chi connectivity index (χ3v) is 7.30. The van der Waals surface area contributed by atoms with Crippen LogP contribution in [0.4, 0.5) is 5.69 Å². The smallest absolute Gasteiger partial charge is 0.255 e. The van der Waals surface area contributed by atoms with Crippen LogP contribution in [0.15, 0.2) is 47.4 Å². The predicted octanol–water partition coefficient (Wildman–Crippen LogP) is 4.55. The standard InChI is InChI=1S/C22H28N2O3S/c1-16-9-14-20(28(26,27)24(2)3)15-21(16)23-22(25)19-12-10-18(11-13-19)17-7-5-4-6-8-17/h9-15,17H,4-8H2,1-3H3,(H,23,25). The number of hydrogen-bond donors (Lipinski definition) is 1. The minimum Gasteiger partial charge on any atom is -0.322 e. The predicted molar refractivity (Wildman–Crippen MR) is 112 cm³/mol. The summed E-state index contributed by atoms with van der Waals surface area (Å²) in [4.78, 5) is 12.8. The molecule has 0 aliphatic heterocycles. The summed E-state index contributed by atoms with van der Waals surface area (Å²) >= 11 is 0. The molecule has 2 aromatic rings. The Bertz CT molecular complexity index is 944. The largest absolute Gasteiger partial charge is 0.322 e. The highest BCUT2D eigenvalue weighted by atomic mass is 32.2.